The third-order valence-corrected chi connectivity index (χ3v) is 4.28. The van der Waals surface area contributed by atoms with Crippen LogP contribution in [0.1, 0.15) is 41.8 Å². The average Bonchev–Trinajstić information content (AvgIpc) is 2.91. The molecule has 1 saturated heterocycles. The van der Waals surface area contributed by atoms with E-state index in [0.717, 1.165) is 36.9 Å². The van der Waals surface area contributed by atoms with Gasteiger partial charge in [0.2, 0.25) is 5.82 Å². The molecule has 0 aliphatic carbocycles. The number of hydrogen-bond donors (Lipinski definition) is 1. The number of nitrogens with one attached hydrogen (secondary N) is 1. The second-order valence-corrected chi connectivity index (χ2v) is 6.49. The molecule has 1 aliphatic heterocycles. The van der Waals surface area contributed by atoms with Gasteiger partial charge in [0.15, 0.2) is 0 Å². The Morgan fingerprint density at radius 3 is 3.00 bits per heavy atom. The number of fused-ring (bicyclic) bond motifs is 1. The van der Waals surface area contributed by atoms with Crippen LogP contribution in [-0.2, 0) is 0 Å². The van der Waals surface area contributed by atoms with Gasteiger partial charge in [0.25, 0.3) is 11.7 Å². The van der Waals surface area contributed by atoms with Crippen molar-refractivity contribution < 1.29 is 4.79 Å². The Morgan fingerprint density at radius 1 is 1.39 bits per heavy atom. The minimum atomic E-state index is -0.238. The predicted molar refractivity (Wildman–Crippen MR) is 87.4 cm³/mol. The van der Waals surface area contributed by atoms with Gasteiger partial charge in [-0.2, -0.15) is 4.98 Å². The Bertz CT molecular complexity index is 710. The fraction of sp³-hybridized carbons (Fsp3) is 0.625. The van der Waals surface area contributed by atoms with Gasteiger partial charge < -0.3 is 10.2 Å². The molecule has 1 fully saturated rings. The molecule has 124 valence electrons. The van der Waals surface area contributed by atoms with Gasteiger partial charge in [0.1, 0.15) is 0 Å². The van der Waals surface area contributed by atoms with Crippen molar-refractivity contribution in [1.29, 1.82) is 0 Å². The van der Waals surface area contributed by atoms with E-state index in [0.29, 0.717) is 12.3 Å². The molecule has 0 saturated carbocycles. The number of carbonyl (C=O) groups is 1. The number of rotatable bonds is 4. The summed E-state index contributed by atoms with van der Waals surface area (Å²) in [4.78, 5) is 23.2. The Balaban J connectivity index is 1.59. The minimum absolute atomic E-state index is 0.179. The first-order chi connectivity index (χ1) is 11.0. The fourth-order valence-corrected chi connectivity index (χ4v) is 3.16. The van der Waals surface area contributed by atoms with E-state index in [1.54, 1.807) is 4.52 Å². The Kier molecular flexibility index (Phi) is 4.56. The zero-order valence-corrected chi connectivity index (χ0v) is 14.0. The normalized spacial score (nSPS) is 19.2. The molecule has 0 radical (unpaired) electrons. The molecular weight excluding hydrogens is 292 g/mol. The van der Waals surface area contributed by atoms with Crippen molar-refractivity contribution in [3.8, 4) is 0 Å². The number of aromatic nitrogens is 4. The van der Waals surface area contributed by atoms with Crippen molar-refractivity contribution >= 4 is 11.7 Å². The predicted octanol–water partition coefficient (Wildman–Crippen LogP) is 1.20. The molecule has 0 unspecified atom stereocenters. The molecular formula is C16H24N6O. The molecule has 3 rings (SSSR count). The van der Waals surface area contributed by atoms with E-state index in [1.807, 2.05) is 19.9 Å². The van der Waals surface area contributed by atoms with Crippen LogP contribution in [0.3, 0.4) is 0 Å². The number of amides is 1. The lowest BCUT2D eigenvalue weighted by molar-refractivity contribution is 0.0933. The summed E-state index contributed by atoms with van der Waals surface area (Å²) in [5.74, 6) is 1.16. The SMILES string of the molecule is Cc1cc(C)n2nc(C(=O)NCCN3CCC[C@H](C)C3)nc2n1. The van der Waals surface area contributed by atoms with E-state index in [9.17, 15) is 4.79 Å². The monoisotopic (exact) mass is 316 g/mol. The second-order valence-electron chi connectivity index (χ2n) is 6.49. The zero-order chi connectivity index (χ0) is 16.4. The first-order valence-electron chi connectivity index (χ1n) is 8.24. The highest BCUT2D eigenvalue weighted by Crippen LogP contribution is 2.14. The highest BCUT2D eigenvalue weighted by Gasteiger charge is 2.17. The Labute approximate surface area is 136 Å². The van der Waals surface area contributed by atoms with Crippen LogP contribution in [-0.4, -0.2) is 56.6 Å². The molecule has 2 aromatic heterocycles. The van der Waals surface area contributed by atoms with E-state index in [1.165, 1.54) is 12.8 Å². The molecule has 7 nitrogen and oxygen atoms in total. The van der Waals surface area contributed by atoms with Crippen molar-refractivity contribution in [2.45, 2.75) is 33.6 Å². The van der Waals surface area contributed by atoms with Crippen LogP contribution in [0.5, 0.6) is 0 Å². The molecule has 0 aromatic carbocycles. The molecule has 0 spiro atoms. The van der Waals surface area contributed by atoms with E-state index >= 15 is 0 Å². The quantitative estimate of drug-likeness (QED) is 0.917. The molecule has 0 bridgehead atoms. The molecule has 1 aliphatic rings. The summed E-state index contributed by atoms with van der Waals surface area (Å²) in [5, 5.41) is 7.16. The molecule has 7 heteroatoms. The van der Waals surface area contributed by atoms with Gasteiger partial charge >= 0.3 is 0 Å². The first-order valence-corrected chi connectivity index (χ1v) is 8.24. The summed E-state index contributed by atoms with van der Waals surface area (Å²) in [5.41, 5.74) is 1.79. The number of piperidine rings is 1. The van der Waals surface area contributed by atoms with Gasteiger partial charge in [-0.15, -0.1) is 5.10 Å². The number of nitrogens with zero attached hydrogens (tertiary/aromatic N) is 5. The summed E-state index contributed by atoms with van der Waals surface area (Å²) in [7, 11) is 0. The summed E-state index contributed by atoms with van der Waals surface area (Å²) >= 11 is 0. The van der Waals surface area contributed by atoms with Crippen molar-refractivity contribution in [2.75, 3.05) is 26.2 Å². The number of carbonyl (C=O) groups excluding carboxylic acids is 1. The molecule has 3 heterocycles. The number of likely N-dealkylation sites (tertiary alicyclic amines) is 1. The van der Waals surface area contributed by atoms with Gasteiger partial charge in [-0.25, -0.2) is 9.50 Å². The van der Waals surface area contributed by atoms with Crippen molar-refractivity contribution in [3.63, 3.8) is 0 Å². The Morgan fingerprint density at radius 2 is 2.22 bits per heavy atom. The fourth-order valence-electron chi connectivity index (χ4n) is 3.16. The molecule has 23 heavy (non-hydrogen) atoms. The van der Waals surface area contributed by atoms with Crippen LogP contribution < -0.4 is 5.32 Å². The summed E-state index contributed by atoms with van der Waals surface area (Å²) in [6, 6.07) is 1.92. The van der Waals surface area contributed by atoms with Gasteiger partial charge in [-0.3, -0.25) is 4.79 Å². The topological polar surface area (TPSA) is 75.4 Å². The van der Waals surface area contributed by atoms with Crippen LogP contribution in [0.2, 0.25) is 0 Å². The molecule has 1 amide bonds. The van der Waals surface area contributed by atoms with Crippen molar-refractivity contribution in [2.24, 2.45) is 5.92 Å². The smallest absolute Gasteiger partial charge is 0.291 e. The molecule has 1 atom stereocenters. The summed E-state index contributed by atoms with van der Waals surface area (Å²) in [6.07, 6.45) is 2.55. The van der Waals surface area contributed by atoms with Crippen LogP contribution in [0.4, 0.5) is 0 Å². The van der Waals surface area contributed by atoms with Crippen LogP contribution in [0, 0.1) is 19.8 Å². The van der Waals surface area contributed by atoms with Crippen LogP contribution in [0.25, 0.3) is 5.78 Å². The molecule has 2 aromatic rings. The van der Waals surface area contributed by atoms with Gasteiger partial charge in [0.05, 0.1) is 0 Å². The maximum absolute atomic E-state index is 12.2. The molecule has 1 N–H and O–H groups in total. The standard InChI is InChI=1S/C16H24N6O/c1-11-5-4-7-21(10-11)8-6-17-15(23)14-19-16-18-12(2)9-13(3)22(16)20-14/h9,11H,4-8,10H2,1-3H3,(H,17,23)/t11-/m0/s1. The minimum Gasteiger partial charge on any atom is -0.348 e. The second kappa shape index (κ2) is 6.62. The maximum atomic E-state index is 12.2. The number of hydrogen-bond acceptors (Lipinski definition) is 5. The largest absolute Gasteiger partial charge is 0.348 e. The van der Waals surface area contributed by atoms with E-state index < -0.39 is 0 Å². The van der Waals surface area contributed by atoms with E-state index in [-0.39, 0.29) is 11.7 Å². The maximum Gasteiger partial charge on any atom is 0.291 e. The third-order valence-electron chi connectivity index (χ3n) is 4.28. The highest BCUT2D eigenvalue weighted by molar-refractivity contribution is 5.90. The summed E-state index contributed by atoms with van der Waals surface area (Å²) < 4.78 is 1.61. The van der Waals surface area contributed by atoms with Crippen LogP contribution >= 0.6 is 0 Å². The van der Waals surface area contributed by atoms with Crippen LogP contribution in [0.15, 0.2) is 6.07 Å². The average molecular weight is 316 g/mol. The first kappa shape index (κ1) is 15.9. The lowest BCUT2D eigenvalue weighted by atomic mass is 10.0. The van der Waals surface area contributed by atoms with Gasteiger partial charge in [-0.05, 0) is 45.2 Å². The van der Waals surface area contributed by atoms with Gasteiger partial charge in [-0.1, -0.05) is 6.92 Å². The van der Waals surface area contributed by atoms with Gasteiger partial charge in [0, 0.05) is 31.0 Å². The lowest BCUT2D eigenvalue weighted by Crippen LogP contribution is -2.40. The Hall–Kier alpha value is -2.02. The highest BCUT2D eigenvalue weighted by atomic mass is 16.2. The lowest BCUT2D eigenvalue weighted by Gasteiger charge is -2.30. The van der Waals surface area contributed by atoms with E-state index in [2.05, 4.69) is 32.2 Å². The third kappa shape index (κ3) is 3.67. The summed E-state index contributed by atoms with van der Waals surface area (Å²) in [6.45, 7) is 9.84. The van der Waals surface area contributed by atoms with E-state index in [4.69, 9.17) is 0 Å². The number of aryl methyl sites for hydroxylation is 2. The van der Waals surface area contributed by atoms with Crippen molar-refractivity contribution in [1.82, 2.24) is 29.8 Å². The zero-order valence-electron chi connectivity index (χ0n) is 14.0. The van der Waals surface area contributed by atoms with Crippen molar-refractivity contribution in [3.05, 3.63) is 23.3 Å².